The highest BCUT2D eigenvalue weighted by molar-refractivity contribution is 5.17. The number of nitrogens with zero attached hydrogens (tertiary/aromatic N) is 1. The lowest BCUT2D eigenvalue weighted by Crippen LogP contribution is -2.22. The number of nitrogens with one attached hydrogen (secondary N) is 1. The molecule has 0 radical (unpaired) electrons. The predicted molar refractivity (Wildman–Crippen MR) is 73.0 cm³/mol. The van der Waals surface area contributed by atoms with E-state index in [0.29, 0.717) is 6.54 Å². The van der Waals surface area contributed by atoms with Crippen LogP contribution in [-0.4, -0.2) is 31.1 Å². The second kappa shape index (κ2) is 7.56. The quantitative estimate of drug-likeness (QED) is 0.765. The van der Waals surface area contributed by atoms with E-state index in [-0.39, 0.29) is 0 Å². The Morgan fingerprint density at radius 2 is 1.84 bits per heavy atom. The van der Waals surface area contributed by atoms with Crippen molar-refractivity contribution in [2.45, 2.75) is 32.2 Å². The molecular weight excluding hydrogens is 246 g/mol. The Morgan fingerprint density at radius 1 is 1.05 bits per heavy atom. The predicted octanol–water partition coefficient (Wildman–Crippen LogP) is 2.93. The Bertz CT molecular complexity index is 390. The lowest BCUT2D eigenvalue weighted by Gasteiger charge is -2.14. The maximum atomic E-state index is 13.0. The zero-order valence-corrected chi connectivity index (χ0v) is 11.3. The van der Waals surface area contributed by atoms with Crippen LogP contribution < -0.4 is 5.32 Å². The van der Waals surface area contributed by atoms with Crippen LogP contribution in [0.5, 0.6) is 0 Å². The van der Waals surface area contributed by atoms with Crippen molar-refractivity contribution in [2.24, 2.45) is 0 Å². The minimum absolute atomic E-state index is 0.598. The molecule has 0 atom stereocenters. The van der Waals surface area contributed by atoms with Crippen molar-refractivity contribution in [2.75, 3.05) is 26.2 Å². The fourth-order valence-electron chi connectivity index (χ4n) is 2.47. The van der Waals surface area contributed by atoms with E-state index in [9.17, 15) is 8.78 Å². The molecule has 1 aromatic carbocycles. The van der Waals surface area contributed by atoms with E-state index in [2.05, 4.69) is 10.2 Å². The van der Waals surface area contributed by atoms with Gasteiger partial charge in [-0.05, 0) is 69.6 Å². The minimum Gasteiger partial charge on any atom is -0.313 e. The van der Waals surface area contributed by atoms with Gasteiger partial charge in [-0.2, -0.15) is 0 Å². The Balaban J connectivity index is 1.54. The first-order valence-electron chi connectivity index (χ1n) is 7.13. The topological polar surface area (TPSA) is 15.3 Å². The van der Waals surface area contributed by atoms with Crippen molar-refractivity contribution in [1.82, 2.24) is 10.2 Å². The van der Waals surface area contributed by atoms with Crippen molar-refractivity contribution < 1.29 is 8.78 Å². The lowest BCUT2D eigenvalue weighted by atomic mass is 10.2. The summed E-state index contributed by atoms with van der Waals surface area (Å²) in [6.45, 7) is 5.21. The highest BCUT2D eigenvalue weighted by Crippen LogP contribution is 2.09. The van der Waals surface area contributed by atoms with Crippen molar-refractivity contribution in [3.63, 3.8) is 0 Å². The van der Waals surface area contributed by atoms with Gasteiger partial charge in [-0.1, -0.05) is 6.07 Å². The molecule has 0 aromatic heterocycles. The van der Waals surface area contributed by atoms with E-state index in [0.717, 1.165) is 18.5 Å². The summed E-state index contributed by atoms with van der Waals surface area (Å²) in [6, 6.07) is 4.06. The van der Waals surface area contributed by atoms with Crippen LogP contribution >= 0.6 is 0 Å². The third kappa shape index (κ3) is 4.88. The van der Waals surface area contributed by atoms with E-state index in [1.165, 1.54) is 51.0 Å². The van der Waals surface area contributed by atoms with Gasteiger partial charge in [0.25, 0.3) is 0 Å². The first-order valence-corrected chi connectivity index (χ1v) is 7.13. The molecule has 0 aliphatic carbocycles. The highest BCUT2D eigenvalue weighted by atomic mass is 19.2. The highest BCUT2D eigenvalue weighted by Gasteiger charge is 2.09. The number of benzene rings is 1. The van der Waals surface area contributed by atoms with Crippen molar-refractivity contribution in [1.29, 1.82) is 0 Å². The van der Waals surface area contributed by atoms with Gasteiger partial charge in [0.1, 0.15) is 0 Å². The largest absolute Gasteiger partial charge is 0.313 e. The average Bonchev–Trinajstić information content (AvgIpc) is 2.91. The maximum Gasteiger partial charge on any atom is 0.159 e. The van der Waals surface area contributed by atoms with Crippen LogP contribution in [0, 0.1) is 11.6 Å². The fourth-order valence-corrected chi connectivity index (χ4v) is 2.47. The molecule has 1 aliphatic heterocycles. The zero-order chi connectivity index (χ0) is 13.5. The van der Waals surface area contributed by atoms with Gasteiger partial charge in [0.15, 0.2) is 11.6 Å². The molecule has 1 aliphatic rings. The molecular formula is C15H22F2N2. The average molecular weight is 268 g/mol. The van der Waals surface area contributed by atoms with Crippen molar-refractivity contribution >= 4 is 0 Å². The number of likely N-dealkylation sites (tertiary alicyclic amines) is 1. The van der Waals surface area contributed by atoms with Crippen LogP contribution in [0.2, 0.25) is 0 Å². The summed E-state index contributed by atoms with van der Waals surface area (Å²) in [4.78, 5) is 2.51. The van der Waals surface area contributed by atoms with Gasteiger partial charge in [0.2, 0.25) is 0 Å². The molecule has 0 bridgehead atoms. The van der Waals surface area contributed by atoms with Gasteiger partial charge >= 0.3 is 0 Å². The number of hydrogen-bond acceptors (Lipinski definition) is 2. The van der Waals surface area contributed by atoms with Gasteiger partial charge in [0.05, 0.1) is 0 Å². The van der Waals surface area contributed by atoms with Gasteiger partial charge in [-0.15, -0.1) is 0 Å². The molecule has 0 amide bonds. The van der Waals surface area contributed by atoms with E-state index in [1.807, 2.05) is 0 Å². The van der Waals surface area contributed by atoms with Crippen LogP contribution in [0.1, 0.15) is 31.2 Å². The summed E-state index contributed by atoms with van der Waals surface area (Å²) in [5, 5.41) is 3.27. The molecule has 2 rings (SSSR count). The Morgan fingerprint density at radius 3 is 2.58 bits per heavy atom. The molecule has 1 aromatic rings. The zero-order valence-electron chi connectivity index (χ0n) is 11.3. The summed E-state index contributed by atoms with van der Waals surface area (Å²) >= 11 is 0. The van der Waals surface area contributed by atoms with Crippen molar-refractivity contribution in [3.05, 3.63) is 35.4 Å². The van der Waals surface area contributed by atoms with Crippen LogP contribution in [0.3, 0.4) is 0 Å². The van der Waals surface area contributed by atoms with E-state index < -0.39 is 11.6 Å². The second-order valence-corrected chi connectivity index (χ2v) is 5.18. The molecule has 1 heterocycles. The molecule has 1 saturated heterocycles. The number of halogens is 2. The van der Waals surface area contributed by atoms with Crippen LogP contribution in [0.4, 0.5) is 8.78 Å². The molecule has 1 N–H and O–H groups in total. The lowest BCUT2D eigenvalue weighted by molar-refractivity contribution is 0.329. The third-order valence-corrected chi connectivity index (χ3v) is 3.59. The molecule has 1 fully saturated rings. The van der Waals surface area contributed by atoms with E-state index in [1.54, 1.807) is 6.07 Å². The Kier molecular flexibility index (Phi) is 5.73. The normalized spacial score (nSPS) is 16.1. The Hall–Kier alpha value is -1.00. The molecule has 0 spiro atoms. The van der Waals surface area contributed by atoms with Gasteiger partial charge in [0, 0.05) is 6.54 Å². The monoisotopic (exact) mass is 268 g/mol. The van der Waals surface area contributed by atoms with Gasteiger partial charge < -0.3 is 10.2 Å². The summed E-state index contributed by atoms with van der Waals surface area (Å²) in [5.74, 6) is -1.55. The fraction of sp³-hybridized carbons (Fsp3) is 0.600. The number of unbranched alkanes of at least 4 members (excludes halogenated alkanes) is 1. The molecule has 19 heavy (non-hydrogen) atoms. The smallest absolute Gasteiger partial charge is 0.159 e. The molecule has 2 nitrogen and oxygen atoms in total. The standard InChI is InChI=1S/C15H22F2N2/c16-14-6-5-13(11-15(14)17)12-18-7-1-2-8-19-9-3-4-10-19/h5-6,11,18H,1-4,7-10,12H2. The summed E-state index contributed by atoms with van der Waals surface area (Å²) < 4.78 is 25.7. The molecule has 0 saturated carbocycles. The van der Waals surface area contributed by atoms with Gasteiger partial charge in [-0.25, -0.2) is 8.78 Å². The third-order valence-electron chi connectivity index (χ3n) is 3.59. The molecule has 4 heteroatoms. The second-order valence-electron chi connectivity index (χ2n) is 5.18. The number of rotatable bonds is 7. The summed E-state index contributed by atoms with van der Waals surface area (Å²) in [7, 11) is 0. The van der Waals surface area contributed by atoms with Crippen LogP contribution in [0.15, 0.2) is 18.2 Å². The first kappa shape index (κ1) is 14.4. The minimum atomic E-state index is -0.783. The van der Waals surface area contributed by atoms with E-state index >= 15 is 0 Å². The summed E-state index contributed by atoms with van der Waals surface area (Å²) in [6.07, 6.45) is 5.01. The van der Waals surface area contributed by atoms with Gasteiger partial charge in [-0.3, -0.25) is 0 Å². The molecule has 0 unspecified atom stereocenters. The van der Waals surface area contributed by atoms with Crippen LogP contribution in [0.25, 0.3) is 0 Å². The maximum absolute atomic E-state index is 13.0. The molecule has 106 valence electrons. The van der Waals surface area contributed by atoms with E-state index in [4.69, 9.17) is 0 Å². The van der Waals surface area contributed by atoms with Crippen molar-refractivity contribution in [3.8, 4) is 0 Å². The van der Waals surface area contributed by atoms with Crippen LogP contribution in [-0.2, 0) is 6.54 Å². The Labute approximate surface area is 113 Å². The first-order chi connectivity index (χ1) is 9.25. The SMILES string of the molecule is Fc1ccc(CNCCCCN2CCCC2)cc1F. The summed E-state index contributed by atoms with van der Waals surface area (Å²) in [5.41, 5.74) is 0.790. The number of hydrogen-bond donors (Lipinski definition) is 1.